The fraction of sp³-hybridized carbons (Fsp3) is 0.120. The number of ether oxygens (including phenoxy) is 2. The number of hydrogen-bond donors (Lipinski definition) is 0. The van der Waals surface area contributed by atoms with Crippen molar-refractivity contribution in [3.63, 3.8) is 0 Å². The topological polar surface area (TPSA) is 99.0 Å². The molecule has 1 aliphatic rings. The van der Waals surface area contributed by atoms with E-state index in [9.17, 15) is 24.1 Å². The Balaban J connectivity index is 1.54. The maximum atomic E-state index is 13.1. The molecule has 11 heteroatoms. The molecule has 0 aliphatic carbocycles. The zero-order valence-corrected chi connectivity index (χ0v) is 21.2. The Morgan fingerprint density at radius 1 is 1.14 bits per heavy atom. The van der Waals surface area contributed by atoms with Gasteiger partial charge in [0.2, 0.25) is 0 Å². The average molecular weight is 573 g/mol. The fourth-order valence-electron chi connectivity index (χ4n) is 3.48. The summed E-state index contributed by atoms with van der Waals surface area (Å²) in [5.74, 6) is -0.0801. The number of imide groups is 1. The Kier molecular flexibility index (Phi) is 7.70. The van der Waals surface area contributed by atoms with Gasteiger partial charge in [0.05, 0.1) is 28.0 Å². The number of carbonyl (C=O) groups is 2. The van der Waals surface area contributed by atoms with Crippen LogP contribution in [0.25, 0.3) is 6.08 Å². The third kappa shape index (κ3) is 5.58. The van der Waals surface area contributed by atoms with Gasteiger partial charge in [0, 0.05) is 11.6 Å². The van der Waals surface area contributed by atoms with Crippen molar-refractivity contribution >= 4 is 50.6 Å². The lowest BCUT2D eigenvalue weighted by atomic mass is 10.1. The van der Waals surface area contributed by atoms with Gasteiger partial charge in [0.15, 0.2) is 11.5 Å². The van der Waals surface area contributed by atoms with Gasteiger partial charge in [0.25, 0.3) is 16.8 Å². The monoisotopic (exact) mass is 572 g/mol. The molecule has 0 N–H and O–H groups in total. The Morgan fingerprint density at radius 3 is 2.56 bits per heavy atom. The van der Waals surface area contributed by atoms with Crippen LogP contribution in [0.4, 0.5) is 14.9 Å². The van der Waals surface area contributed by atoms with Crippen LogP contribution in [0, 0.1) is 15.9 Å². The van der Waals surface area contributed by atoms with Gasteiger partial charge in [-0.05, 0) is 69.2 Å². The van der Waals surface area contributed by atoms with Crippen LogP contribution >= 0.6 is 27.7 Å². The Bertz CT molecular complexity index is 1380. The number of nitrogens with zero attached hydrogens (tertiary/aromatic N) is 2. The molecule has 0 saturated carbocycles. The highest BCUT2D eigenvalue weighted by Gasteiger charge is 2.36. The minimum atomic E-state index is -0.548. The highest BCUT2D eigenvalue weighted by molar-refractivity contribution is 9.10. The first-order valence-electron chi connectivity index (χ1n) is 10.5. The van der Waals surface area contributed by atoms with Crippen molar-refractivity contribution in [2.24, 2.45) is 0 Å². The molecular formula is C25H18BrFN2O6S. The molecule has 1 heterocycles. The number of rotatable bonds is 8. The molecule has 0 bridgehead atoms. The van der Waals surface area contributed by atoms with Crippen molar-refractivity contribution in [3.05, 3.63) is 103 Å². The first kappa shape index (κ1) is 25.4. The van der Waals surface area contributed by atoms with Crippen LogP contribution in [0.15, 0.2) is 70.0 Å². The zero-order valence-electron chi connectivity index (χ0n) is 18.8. The van der Waals surface area contributed by atoms with E-state index in [0.717, 1.165) is 22.2 Å². The Labute approximate surface area is 218 Å². The number of amides is 2. The molecule has 1 aliphatic heterocycles. The van der Waals surface area contributed by atoms with Crippen molar-refractivity contribution in [2.75, 3.05) is 7.11 Å². The smallest absolute Gasteiger partial charge is 0.293 e. The van der Waals surface area contributed by atoms with Crippen LogP contribution in [0.1, 0.15) is 16.7 Å². The summed E-state index contributed by atoms with van der Waals surface area (Å²) >= 11 is 4.20. The van der Waals surface area contributed by atoms with Gasteiger partial charge >= 0.3 is 0 Å². The first-order chi connectivity index (χ1) is 17.3. The second-order valence-corrected chi connectivity index (χ2v) is 9.45. The maximum Gasteiger partial charge on any atom is 0.293 e. The SMILES string of the molecule is COc1cc(/C=C2/SC(=O)N(Cc3ccccc3[N+](=O)[O-])C2=O)cc(Br)c1OCc1ccc(F)cc1. The van der Waals surface area contributed by atoms with E-state index in [-0.39, 0.29) is 35.1 Å². The van der Waals surface area contributed by atoms with E-state index in [1.54, 1.807) is 36.4 Å². The number of thioether (sulfide) groups is 1. The number of carbonyl (C=O) groups excluding carboxylic acids is 2. The van der Waals surface area contributed by atoms with Crippen molar-refractivity contribution in [1.82, 2.24) is 4.90 Å². The molecule has 8 nitrogen and oxygen atoms in total. The molecule has 0 spiro atoms. The summed E-state index contributed by atoms with van der Waals surface area (Å²) < 4.78 is 25.0. The first-order valence-corrected chi connectivity index (χ1v) is 12.1. The molecule has 0 atom stereocenters. The van der Waals surface area contributed by atoms with E-state index >= 15 is 0 Å². The number of methoxy groups -OCH3 is 1. The number of halogens is 2. The molecule has 184 valence electrons. The van der Waals surface area contributed by atoms with Gasteiger partial charge < -0.3 is 9.47 Å². The summed E-state index contributed by atoms with van der Waals surface area (Å²) in [7, 11) is 1.47. The van der Waals surface area contributed by atoms with Gasteiger partial charge in [-0.3, -0.25) is 24.6 Å². The number of benzene rings is 3. The summed E-state index contributed by atoms with van der Waals surface area (Å²) in [6, 6.07) is 15.3. The van der Waals surface area contributed by atoms with Crippen LogP contribution in [0.5, 0.6) is 11.5 Å². The van der Waals surface area contributed by atoms with Crippen molar-refractivity contribution in [2.45, 2.75) is 13.2 Å². The highest BCUT2D eigenvalue weighted by Crippen LogP contribution is 2.40. The van der Waals surface area contributed by atoms with E-state index in [2.05, 4.69) is 15.9 Å². The summed E-state index contributed by atoms with van der Waals surface area (Å²) in [4.78, 5) is 37.4. The normalized spacial score (nSPS) is 14.4. The second kappa shape index (κ2) is 10.9. The van der Waals surface area contributed by atoms with E-state index in [4.69, 9.17) is 9.47 Å². The third-order valence-electron chi connectivity index (χ3n) is 5.24. The fourth-order valence-corrected chi connectivity index (χ4v) is 4.89. The van der Waals surface area contributed by atoms with Gasteiger partial charge in [-0.25, -0.2) is 4.39 Å². The third-order valence-corrected chi connectivity index (χ3v) is 6.73. The lowest BCUT2D eigenvalue weighted by molar-refractivity contribution is -0.385. The van der Waals surface area contributed by atoms with Gasteiger partial charge in [-0.2, -0.15) is 0 Å². The van der Waals surface area contributed by atoms with Gasteiger partial charge in [-0.1, -0.05) is 30.3 Å². The lowest BCUT2D eigenvalue weighted by Crippen LogP contribution is -2.27. The van der Waals surface area contributed by atoms with Crippen LogP contribution in [-0.2, 0) is 17.9 Å². The van der Waals surface area contributed by atoms with Gasteiger partial charge in [-0.15, -0.1) is 0 Å². The van der Waals surface area contributed by atoms with Crippen molar-refractivity contribution in [3.8, 4) is 11.5 Å². The summed E-state index contributed by atoms with van der Waals surface area (Å²) in [6.07, 6.45) is 1.54. The second-order valence-electron chi connectivity index (χ2n) is 7.60. The average Bonchev–Trinajstić information content (AvgIpc) is 3.11. The molecule has 3 aromatic carbocycles. The van der Waals surface area contributed by atoms with Gasteiger partial charge in [0.1, 0.15) is 12.4 Å². The number of nitro benzene ring substituents is 1. The van der Waals surface area contributed by atoms with Crippen LogP contribution in [-0.4, -0.2) is 28.1 Å². The molecule has 1 fully saturated rings. The molecule has 4 rings (SSSR count). The quantitative estimate of drug-likeness (QED) is 0.177. The van der Waals surface area contributed by atoms with Crippen molar-refractivity contribution in [1.29, 1.82) is 0 Å². The summed E-state index contributed by atoms with van der Waals surface area (Å²) in [5, 5.41) is 10.8. The predicted molar refractivity (Wildman–Crippen MR) is 136 cm³/mol. The highest BCUT2D eigenvalue weighted by atomic mass is 79.9. The molecule has 0 unspecified atom stereocenters. The minimum absolute atomic E-state index is 0.162. The minimum Gasteiger partial charge on any atom is -0.493 e. The molecule has 0 aromatic heterocycles. The van der Waals surface area contributed by atoms with E-state index in [1.165, 1.54) is 37.4 Å². The summed E-state index contributed by atoms with van der Waals surface area (Å²) in [5.41, 5.74) is 1.44. The maximum absolute atomic E-state index is 13.1. The zero-order chi connectivity index (χ0) is 25.8. The van der Waals surface area contributed by atoms with E-state index < -0.39 is 16.1 Å². The molecule has 3 aromatic rings. The molecular weight excluding hydrogens is 555 g/mol. The Hall–Kier alpha value is -3.70. The largest absolute Gasteiger partial charge is 0.493 e. The molecule has 0 radical (unpaired) electrons. The summed E-state index contributed by atoms with van der Waals surface area (Å²) in [6.45, 7) is -0.0264. The standard InChI is InChI=1S/C25H18BrFN2O6S/c1-34-21-11-16(10-19(26)23(21)35-14-15-6-8-18(27)9-7-15)12-22-24(30)28(25(31)36-22)13-17-4-2-3-5-20(17)29(32)33/h2-12H,13-14H2,1H3/b22-12+. The number of nitro groups is 1. The van der Waals surface area contributed by atoms with Crippen LogP contribution in [0.3, 0.4) is 0 Å². The van der Waals surface area contributed by atoms with E-state index in [0.29, 0.717) is 21.5 Å². The number of para-hydroxylation sites is 1. The molecule has 2 amide bonds. The lowest BCUT2D eigenvalue weighted by Gasteiger charge is -2.14. The van der Waals surface area contributed by atoms with Crippen LogP contribution < -0.4 is 9.47 Å². The number of hydrogen-bond acceptors (Lipinski definition) is 7. The Morgan fingerprint density at radius 2 is 1.86 bits per heavy atom. The van der Waals surface area contributed by atoms with Crippen molar-refractivity contribution < 1.29 is 28.4 Å². The predicted octanol–water partition coefficient (Wildman–Crippen LogP) is 6.32. The molecule has 36 heavy (non-hydrogen) atoms. The van der Waals surface area contributed by atoms with E-state index in [1.807, 2.05) is 0 Å². The van der Waals surface area contributed by atoms with Crippen LogP contribution in [0.2, 0.25) is 0 Å². The molecule has 1 saturated heterocycles.